The Morgan fingerprint density at radius 2 is 1.08 bits per heavy atom. The molecule has 1 rings (SSSR count). The molecule has 0 aromatic heterocycles. The van der Waals surface area contributed by atoms with E-state index in [-0.39, 0.29) is 0 Å². The predicted octanol–water partition coefficient (Wildman–Crippen LogP) is 6.31. The fourth-order valence-electron chi connectivity index (χ4n) is 3.81. The molecule has 0 radical (unpaired) electrons. The molecule has 0 aliphatic carbocycles. The number of hydrogen-bond donors (Lipinski definition) is 0. The van der Waals surface area contributed by atoms with Gasteiger partial charge in [-0.15, -0.1) is 0 Å². The van der Waals surface area contributed by atoms with Crippen LogP contribution in [0.1, 0.15) is 104 Å². The van der Waals surface area contributed by atoms with E-state index in [4.69, 9.17) is 0 Å². The first-order valence-corrected chi connectivity index (χ1v) is 11.1. The molecule has 0 saturated carbocycles. The summed E-state index contributed by atoms with van der Waals surface area (Å²) in [4.78, 5) is 5.02. The summed E-state index contributed by atoms with van der Waals surface area (Å²) in [5.74, 6) is 0.895. The van der Waals surface area contributed by atoms with Crippen LogP contribution in [0.15, 0.2) is 0 Å². The van der Waals surface area contributed by atoms with Crippen molar-refractivity contribution in [1.82, 2.24) is 9.80 Å². The smallest absolute Gasteiger partial charge is 0.0504 e. The molecule has 0 spiro atoms. The van der Waals surface area contributed by atoms with Gasteiger partial charge in [-0.05, 0) is 25.9 Å². The lowest BCUT2D eigenvalue weighted by Crippen LogP contribution is -2.24. The minimum Gasteiger partial charge on any atom is -0.292 e. The van der Waals surface area contributed by atoms with Crippen LogP contribution in [0.25, 0.3) is 0 Å². The zero-order valence-corrected chi connectivity index (χ0v) is 17.2. The van der Waals surface area contributed by atoms with E-state index >= 15 is 0 Å². The second-order valence-corrected chi connectivity index (χ2v) is 8.62. The number of nitrogens with zero attached hydrogens (tertiary/aromatic N) is 2. The molecule has 144 valence electrons. The van der Waals surface area contributed by atoms with Crippen LogP contribution in [0.4, 0.5) is 0 Å². The molecule has 2 nitrogen and oxygen atoms in total. The van der Waals surface area contributed by atoms with Gasteiger partial charge in [0.2, 0.25) is 0 Å². The normalized spacial score (nSPS) is 16.5. The van der Waals surface area contributed by atoms with E-state index in [1.54, 1.807) is 0 Å². The van der Waals surface area contributed by atoms with Crippen LogP contribution in [0.5, 0.6) is 0 Å². The average molecular weight is 339 g/mol. The van der Waals surface area contributed by atoms with Crippen LogP contribution in [0.2, 0.25) is 0 Å². The molecule has 24 heavy (non-hydrogen) atoms. The molecule has 0 bridgehead atoms. The standard InChI is InChI=1S/C22H46N2/c1-22(2)17-15-13-11-9-7-5-4-6-8-10-12-14-16-18-24-20-19-23(3)21-24/h22H,4-21H2,1-3H3. The SMILES string of the molecule is CC(C)CCCCCCCCCCCCCCCN1CCN(C)C1. The van der Waals surface area contributed by atoms with Crippen molar-refractivity contribution in [2.75, 3.05) is 33.4 Å². The van der Waals surface area contributed by atoms with E-state index in [0.29, 0.717) is 0 Å². The minimum absolute atomic E-state index is 0.895. The Morgan fingerprint density at radius 3 is 1.50 bits per heavy atom. The third-order valence-electron chi connectivity index (χ3n) is 5.50. The van der Waals surface area contributed by atoms with Crippen molar-refractivity contribution in [3.8, 4) is 0 Å². The van der Waals surface area contributed by atoms with Crippen molar-refractivity contribution in [1.29, 1.82) is 0 Å². The highest BCUT2D eigenvalue weighted by Gasteiger charge is 2.14. The lowest BCUT2D eigenvalue weighted by molar-refractivity contribution is 0.269. The van der Waals surface area contributed by atoms with Crippen LogP contribution < -0.4 is 0 Å². The summed E-state index contributed by atoms with van der Waals surface area (Å²) in [6.07, 6.45) is 20.4. The van der Waals surface area contributed by atoms with E-state index in [1.807, 2.05) is 0 Å². The first kappa shape index (κ1) is 22.0. The monoisotopic (exact) mass is 338 g/mol. The van der Waals surface area contributed by atoms with Gasteiger partial charge in [0, 0.05) is 13.1 Å². The van der Waals surface area contributed by atoms with Gasteiger partial charge in [0.05, 0.1) is 6.67 Å². The molecule has 0 unspecified atom stereocenters. The summed E-state index contributed by atoms with van der Waals surface area (Å²) in [6, 6.07) is 0. The molecular weight excluding hydrogens is 292 g/mol. The van der Waals surface area contributed by atoms with Gasteiger partial charge in [-0.3, -0.25) is 9.80 Å². The summed E-state index contributed by atoms with van der Waals surface area (Å²) < 4.78 is 0. The van der Waals surface area contributed by atoms with Gasteiger partial charge in [-0.2, -0.15) is 0 Å². The number of likely N-dealkylation sites (N-methyl/N-ethyl adjacent to an activating group) is 1. The second-order valence-electron chi connectivity index (χ2n) is 8.62. The Kier molecular flexibility index (Phi) is 13.9. The molecule has 0 amide bonds. The molecule has 0 aromatic rings. The van der Waals surface area contributed by atoms with Crippen LogP contribution >= 0.6 is 0 Å². The topological polar surface area (TPSA) is 6.48 Å². The highest BCUT2D eigenvalue weighted by molar-refractivity contribution is 4.67. The molecule has 1 fully saturated rings. The van der Waals surface area contributed by atoms with Gasteiger partial charge >= 0.3 is 0 Å². The summed E-state index contributed by atoms with van der Waals surface area (Å²) in [6.45, 7) is 9.74. The molecule has 0 N–H and O–H groups in total. The third-order valence-corrected chi connectivity index (χ3v) is 5.50. The lowest BCUT2D eigenvalue weighted by Gasteiger charge is -2.14. The Balaban J connectivity index is 1.68. The van der Waals surface area contributed by atoms with Crippen molar-refractivity contribution in [3.05, 3.63) is 0 Å². The summed E-state index contributed by atoms with van der Waals surface area (Å²) in [5.41, 5.74) is 0. The van der Waals surface area contributed by atoms with Gasteiger partial charge < -0.3 is 0 Å². The van der Waals surface area contributed by atoms with Crippen LogP contribution in [0, 0.1) is 5.92 Å². The van der Waals surface area contributed by atoms with E-state index in [0.717, 1.165) is 5.92 Å². The maximum atomic E-state index is 2.60. The van der Waals surface area contributed by atoms with E-state index in [2.05, 4.69) is 30.7 Å². The summed E-state index contributed by atoms with van der Waals surface area (Å²) >= 11 is 0. The quantitative estimate of drug-likeness (QED) is 0.304. The molecule has 2 heteroatoms. The molecule has 1 aliphatic heterocycles. The molecule has 0 aromatic carbocycles. The maximum Gasteiger partial charge on any atom is 0.0504 e. The van der Waals surface area contributed by atoms with Gasteiger partial charge in [-0.25, -0.2) is 0 Å². The van der Waals surface area contributed by atoms with Crippen molar-refractivity contribution in [3.63, 3.8) is 0 Å². The highest BCUT2D eigenvalue weighted by Crippen LogP contribution is 2.14. The zero-order valence-electron chi connectivity index (χ0n) is 17.2. The van der Waals surface area contributed by atoms with E-state index < -0.39 is 0 Å². The third kappa shape index (κ3) is 13.2. The Bertz CT molecular complexity index is 265. The summed E-state index contributed by atoms with van der Waals surface area (Å²) in [7, 11) is 2.23. The Hall–Kier alpha value is -0.0800. The second kappa shape index (κ2) is 15.2. The van der Waals surface area contributed by atoms with Crippen molar-refractivity contribution in [2.45, 2.75) is 104 Å². The van der Waals surface area contributed by atoms with E-state index in [9.17, 15) is 0 Å². The predicted molar refractivity (Wildman–Crippen MR) is 109 cm³/mol. The molecule has 1 heterocycles. The molecule has 0 atom stereocenters. The molecule has 1 saturated heterocycles. The van der Waals surface area contributed by atoms with Gasteiger partial charge in [0.15, 0.2) is 0 Å². The fraction of sp³-hybridized carbons (Fsp3) is 1.00. The van der Waals surface area contributed by atoms with Crippen molar-refractivity contribution in [2.24, 2.45) is 5.92 Å². The van der Waals surface area contributed by atoms with Gasteiger partial charge in [0.1, 0.15) is 0 Å². The zero-order chi connectivity index (χ0) is 17.5. The first-order valence-electron chi connectivity index (χ1n) is 11.1. The Labute approximate surface area is 153 Å². The van der Waals surface area contributed by atoms with Crippen LogP contribution in [-0.2, 0) is 0 Å². The summed E-state index contributed by atoms with van der Waals surface area (Å²) in [5, 5.41) is 0. The Morgan fingerprint density at radius 1 is 0.625 bits per heavy atom. The van der Waals surface area contributed by atoms with Crippen molar-refractivity contribution < 1.29 is 0 Å². The largest absolute Gasteiger partial charge is 0.292 e. The van der Waals surface area contributed by atoms with Crippen molar-refractivity contribution >= 4 is 0 Å². The van der Waals surface area contributed by atoms with Crippen LogP contribution in [0.3, 0.4) is 0 Å². The minimum atomic E-state index is 0.895. The van der Waals surface area contributed by atoms with Crippen LogP contribution in [-0.4, -0.2) is 43.2 Å². The maximum absolute atomic E-state index is 2.60. The fourth-order valence-corrected chi connectivity index (χ4v) is 3.81. The van der Waals surface area contributed by atoms with Gasteiger partial charge in [-0.1, -0.05) is 97.3 Å². The molecular formula is C22H46N2. The lowest BCUT2D eigenvalue weighted by atomic mass is 10.0. The number of hydrogen-bond acceptors (Lipinski definition) is 2. The van der Waals surface area contributed by atoms with E-state index in [1.165, 1.54) is 116 Å². The first-order chi connectivity index (χ1) is 11.7. The highest BCUT2D eigenvalue weighted by atomic mass is 15.4. The average Bonchev–Trinajstić information content (AvgIpc) is 2.96. The molecule has 1 aliphatic rings. The number of unbranched alkanes of at least 4 members (excludes halogenated alkanes) is 12. The number of rotatable bonds is 16. The van der Waals surface area contributed by atoms with Gasteiger partial charge in [0.25, 0.3) is 0 Å².